The van der Waals surface area contributed by atoms with E-state index in [1.165, 1.54) is 11.3 Å². The van der Waals surface area contributed by atoms with Gasteiger partial charge in [0.1, 0.15) is 5.82 Å². The van der Waals surface area contributed by atoms with Gasteiger partial charge in [0.05, 0.1) is 11.4 Å². The van der Waals surface area contributed by atoms with Crippen molar-refractivity contribution in [3.8, 4) is 16.4 Å². The Labute approximate surface area is 155 Å². The summed E-state index contributed by atoms with van der Waals surface area (Å²) < 4.78 is 1.67. The Balaban J connectivity index is 1.93. The Bertz CT molecular complexity index is 906. The van der Waals surface area contributed by atoms with Crippen LogP contribution in [-0.4, -0.2) is 20.7 Å². The molecule has 130 valence electrons. The second-order valence-electron chi connectivity index (χ2n) is 6.81. The molecule has 0 atom stereocenters. The van der Waals surface area contributed by atoms with E-state index in [1.807, 2.05) is 63.4 Å². The van der Waals surface area contributed by atoms with Crippen LogP contribution in [0.3, 0.4) is 0 Å². The second kappa shape index (κ2) is 6.61. The van der Waals surface area contributed by atoms with Gasteiger partial charge >= 0.3 is 0 Å². The lowest BCUT2D eigenvalue weighted by Gasteiger charge is -2.17. The molecule has 3 aromatic rings. The fourth-order valence-corrected chi connectivity index (χ4v) is 3.07. The first-order chi connectivity index (χ1) is 11.7. The highest BCUT2D eigenvalue weighted by atomic mass is 35.5. The summed E-state index contributed by atoms with van der Waals surface area (Å²) in [5.74, 6) is 0.553. The number of rotatable bonds is 3. The van der Waals surface area contributed by atoms with Crippen molar-refractivity contribution in [2.75, 3.05) is 5.32 Å². The Morgan fingerprint density at radius 1 is 1.24 bits per heavy atom. The highest BCUT2D eigenvalue weighted by Gasteiger charge is 2.23. The Morgan fingerprint density at radius 3 is 2.56 bits per heavy atom. The van der Waals surface area contributed by atoms with Crippen LogP contribution < -0.4 is 5.32 Å². The summed E-state index contributed by atoms with van der Waals surface area (Å²) in [6.07, 6.45) is 0. The summed E-state index contributed by atoms with van der Waals surface area (Å²) in [6.45, 7) is 7.50. The molecule has 1 aromatic carbocycles. The lowest BCUT2D eigenvalue weighted by molar-refractivity contribution is -0.123. The number of halogens is 1. The van der Waals surface area contributed by atoms with Gasteiger partial charge in [0.15, 0.2) is 0 Å². The molecule has 0 saturated carbocycles. The molecule has 25 heavy (non-hydrogen) atoms. The van der Waals surface area contributed by atoms with E-state index in [0.717, 1.165) is 17.0 Å². The maximum atomic E-state index is 12.3. The summed E-state index contributed by atoms with van der Waals surface area (Å²) in [6, 6.07) is 9.37. The molecule has 0 unspecified atom stereocenters. The highest BCUT2D eigenvalue weighted by molar-refractivity contribution is 7.12. The van der Waals surface area contributed by atoms with Gasteiger partial charge in [-0.1, -0.05) is 44.5 Å². The number of aromatic nitrogens is 3. The van der Waals surface area contributed by atoms with E-state index >= 15 is 0 Å². The van der Waals surface area contributed by atoms with Crippen molar-refractivity contribution < 1.29 is 4.79 Å². The first-order valence-electron chi connectivity index (χ1n) is 7.84. The quantitative estimate of drug-likeness (QED) is 0.706. The number of hydrogen-bond donors (Lipinski definition) is 1. The molecule has 0 bridgehead atoms. The standard InChI is InChI=1S/C18H19ClN4OS/c1-11-9-15(21-16(24)18(2,3)4)23(22-11)17-20-14(10-25-17)12-5-7-13(19)8-6-12/h5-10H,1-4H3,(H,21,24). The average molecular weight is 375 g/mol. The number of carbonyl (C=O) groups is 1. The lowest BCUT2D eigenvalue weighted by atomic mass is 9.96. The summed E-state index contributed by atoms with van der Waals surface area (Å²) in [4.78, 5) is 17.0. The smallest absolute Gasteiger partial charge is 0.230 e. The predicted molar refractivity (Wildman–Crippen MR) is 103 cm³/mol. The van der Waals surface area contributed by atoms with Crippen LogP contribution in [0, 0.1) is 12.3 Å². The minimum absolute atomic E-state index is 0.0665. The van der Waals surface area contributed by atoms with Gasteiger partial charge in [-0.3, -0.25) is 4.79 Å². The maximum absolute atomic E-state index is 12.3. The minimum atomic E-state index is -0.486. The number of anilines is 1. The molecular weight excluding hydrogens is 356 g/mol. The maximum Gasteiger partial charge on any atom is 0.230 e. The van der Waals surface area contributed by atoms with E-state index in [0.29, 0.717) is 16.0 Å². The molecule has 1 N–H and O–H groups in total. The molecule has 2 heterocycles. The Morgan fingerprint density at radius 2 is 1.92 bits per heavy atom. The van der Waals surface area contributed by atoms with E-state index < -0.39 is 5.41 Å². The number of carbonyl (C=O) groups excluding carboxylic acids is 1. The van der Waals surface area contributed by atoms with Crippen molar-refractivity contribution in [1.82, 2.24) is 14.8 Å². The molecule has 1 amide bonds. The summed E-state index contributed by atoms with van der Waals surface area (Å²) in [5.41, 5.74) is 2.15. The van der Waals surface area contributed by atoms with Crippen molar-refractivity contribution in [2.45, 2.75) is 27.7 Å². The van der Waals surface area contributed by atoms with E-state index in [1.54, 1.807) is 4.68 Å². The molecule has 0 saturated heterocycles. The molecular formula is C18H19ClN4OS. The van der Waals surface area contributed by atoms with Gasteiger partial charge in [-0.25, -0.2) is 4.98 Å². The number of benzene rings is 1. The van der Waals surface area contributed by atoms with E-state index in [2.05, 4.69) is 15.4 Å². The van der Waals surface area contributed by atoms with Crippen molar-refractivity contribution in [3.63, 3.8) is 0 Å². The second-order valence-corrected chi connectivity index (χ2v) is 8.08. The van der Waals surface area contributed by atoms with Crippen molar-refractivity contribution >= 4 is 34.7 Å². The SMILES string of the molecule is Cc1cc(NC(=O)C(C)(C)C)n(-c2nc(-c3ccc(Cl)cc3)cs2)n1. The van der Waals surface area contributed by atoms with E-state index in [9.17, 15) is 4.79 Å². The fourth-order valence-electron chi connectivity index (χ4n) is 2.15. The molecule has 3 rings (SSSR count). The third-order valence-corrected chi connectivity index (χ3v) is 4.64. The number of aryl methyl sites for hydroxylation is 1. The van der Waals surface area contributed by atoms with Gasteiger partial charge in [-0.2, -0.15) is 9.78 Å². The van der Waals surface area contributed by atoms with E-state index in [4.69, 9.17) is 11.6 Å². The van der Waals surface area contributed by atoms with Crippen molar-refractivity contribution in [2.24, 2.45) is 5.41 Å². The van der Waals surface area contributed by atoms with Gasteiger partial charge in [0, 0.05) is 27.4 Å². The number of nitrogens with one attached hydrogen (secondary N) is 1. The number of nitrogens with zero attached hydrogens (tertiary/aromatic N) is 3. The largest absolute Gasteiger partial charge is 0.310 e. The molecule has 0 aliphatic carbocycles. The zero-order valence-electron chi connectivity index (χ0n) is 14.5. The molecule has 7 heteroatoms. The summed E-state index contributed by atoms with van der Waals surface area (Å²) in [7, 11) is 0. The fraction of sp³-hybridized carbons (Fsp3) is 0.278. The normalized spacial score (nSPS) is 11.6. The van der Waals surface area contributed by atoms with Gasteiger partial charge in [-0.05, 0) is 19.1 Å². The van der Waals surface area contributed by atoms with Crippen molar-refractivity contribution in [1.29, 1.82) is 0 Å². The molecule has 0 aliphatic rings. The summed E-state index contributed by atoms with van der Waals surface area (Å²) >= 11 is 7.41. The highest BCUT2D eigenvalue weighted by Crippen LogP contribution is 2.28. The third kappa shape index (κ3) is 3.91. The molecule has 5 nitrogen and oxygen atoms in total. The minimum Gasteiger partial charge on any atom is -0.310 e. The topological polar surface area (TPSA) is 59.8 Å². The number of hydrogen-bond acceptors (Lipinski definition) is 4. The lowest BCUT2D eigenvalue weighted by Crippen LogP contribution is -2.28. The van der Waals surface area contributed by atoms with E-state index in [-0.39, 0.29) is 5.91 Å². The zero-order chi connectivity index (χ0) is 18.2. The van der Waals surface area contributed by atoms with Gasteiger partial charge < -0.3 is 5.32 Å². The van der Waals surface area contributed by atoms with Crippen LogP contribution >= 0.6 is 22.9 Å². The van der Waals surface area contributed by atoms with Crippen LogP contribution in [0.15, 0.2) is 35.7 Å². The van der Waals surface area contributed by atoms with Crippen LogP contribution in [-0.2, 0) is 4.79 Å². The molecule has 0 aliphatic heterocycles. The Hall–Kier alpha value is -2.18. The monoisotopic (exact) mass is 374 g/mol. The van der Waals surface area contributed by atoms with Crippen LogP contribution in [0.1, 0.15) is 26.5 Å². The zero-order valence-corrected chi connectivity index (χ0v) is 16.1. The molecule has 0 radical (unpaired) electrons. The first kappa shape index (κ1) is 17.6. The van der Waals surface area contributed by atoms with Gasteiger partial charge in [0.25, 0.3) is 0 Å². The number of thiazole rings is 1. The van der Waals surface area contributed by atoms with Crippen LogP contribution in [0.2, 0.25) is 5.02 Å². The van der Waals surface area contributed by atoms with Crippen LogP contribution in [0.25, 0.3) is 16.4 Å². The van der Waals surface area contributed by atoms with Gasteiger partial charge in [-0.15, -0.1) is 11.3 Å². The predicted octanol–water partition coefficient (Wildman–Crippen LogP) is 4.94. The van der Waals surface area contributed by atoms with Gasteiger partial charge in [0.2, 0.25) is 11.0 Å². The molecule has 0 spiro atoms. The Kier molecular flexibility index (Phi) is 4.67. The van der Waals surface area contributed by atoms with Crippen LogP contribution in [0.4, 0.5) is 5.82 Å². The molecule has 0 fully saturated rings. The van der Waals surface area contributed by atoms with Crippen LogP contribution in [0.5, 0.6) is 0 Å². The van der Waals surface area contributed by atoms with Crippen molar-refractivity contribution in [3.05, 3.63) is 46.4 Å². The molecule has 2 aromatic heterocycles. The summed E-state index contributed by atoms with van der Waals surface area (Å²) in [5, 5.41) is 10.8. The number of amides is 1. The first-order valence-corrected chi connectivity index (χ1v) is 9.10. The average Bonchev–Trinajstić information content (AvgIpc) is 3.14. The third-order valence-electron chi connectivity index (χ3n) is 3.57.